The molecule has 0 amide bonds. The van der Waals surface area contributed by atoms with E-state index in [1.54, 1.807) is 0 Å². The standard InChI is InChI=1S/C19H33N/c1-7-14(4)19(15(5)8-2)18-12-17(13-20-9-3)11-10-16(18)6/h1,9,14-20H,3,8,10-13H2,2,4-6H3. The van der Waals surface area contributed by atoms with E-state index in [0.29, 0.717) is 11.8 Å². The highest BCUT2D eigenvalue weighted by atomic mass is 14.8. The van der Waals surface area contributed by atoms with Gasteiger partial charge in [0, 0.05) is 12.5 Å². The molecule has 0 heterocycles. The van der Waals surface area contributed by atoms with Gasteiger partial charge in [-0.2, -0.15) is 0 Å². The zero-order valence-corrected chi connectivity index (χ0v) is 13.9. The van der Waals surface area contributed by atoms with E-state index in [4.69, 9.17) is 6.42 Å². The fourth-order valence-corrected chi connectivity index (χ4v) is 4.09. The minimum atomic E-state index is 0.392. The van der Waals surface area contributed by atoms with Crippen LogP contribution in [0.3, 0.4) is 0 Å². The molecular weight excluding hydrogens is 242 g/mol. The van der Waals surface area contributed by atoms with Crippen LogP contribution in [0.4, 0.5) is 0 Å². The van der Waals surface area contributed by atoms with Gasteiger partial charge in [-0.3, -0.25) is 0 Å². The van der Waals surface area contributed by atoms with Crippen molar-refractivity contribution in [3.05, 3.63) is 12.8 Å². The fourth-order valence-electron chi connectivity index (χ4n) is 4.09. The molecule has 6 unspecified atom stereocenters. The molecule has 1 N–H and O–H groups in total. The fraction of sp³-hybridized carbons (Fsp3) is 0.789. The van der Waals surface area contributed by atoms with Gasteiger partial charge in [-0.25, -0.2) is 0 Å². The summed E-state index contributed by atoms with van der Waals surface area (Å²) >= 11 is 0. The van der Waals surface area contributed by atoms with Crippen LogP contribution in [-0.2, 0) is 0 Å². The van der Waals surface area contributed by atoms with Gasteiger partial charge in [-0.05, 0) is 48.6 Å². The highest BCUT2D eigenvalue weighted by Gasteiger charge is 2.37. The van der Waals surface area contributed by atoms with Crippen LogP contribution in [0.25, 0.3) is 0 Å². The van der Waals surface area contributed by atoms with E-state index in [2.05, 4.69) is 45.5 Å². The first-order valence-electron chi connectivity index (χ1n) is 8.35. The Morgan fingerprint density at radius 2 is 2.10 bits per heavy atom. The van der Waals surface area contributed by atoms with Gasteiger partial charge >= 0.3 is 0 Å². The van der Waals surface area contributed by atoms with Crippen molar-refractivity contribution in [2.45, 2.75) is 53.4 Å². The van der Waals surface area contributed by atoms with E-state index in [1.165, 1.54) is 25.7 Å². The Hall–Kier alpha value is -0.900. The molecule has 0 bridgehead atoms. The Balaban J connectivity index is 2.80. The van der Waals surface area contributed by atoms with Crippen LogP contribution in [0.2, 0.25) is 0 Å². The van der Waals surface area contributed by atoms with Gasteiger partial charge in [0.05, 0.1) is 0 Å². The van der Waals surface area contributed by atoms with Crippen LogP contribution in [-0.4, -0.2) is 6.54 Å². The monoisotopic (exact) mass is 275 g/mol. The van der Waals surface area contributed by atoms with Crippen LogP contribution >= 0.6 is 0 Å². The molecule has 114 valence electrons. The smallest absolute Gasteiger partial charge is 0.0205 e. The molecule has 0 aromatic heterocycles. The van der Waals surface area contributed by atoms with Gasteiger partial charge in [0.2, 0.25) is 0 Å². The van der Waals surface area contributed by atoms with E-state index >= 15 is 0 Å². The van der Waals surface area contributed by atoms with Crippen LogP contribution < -0.4 is 5.32 Å². The third-order valence-electron chi connectivity index (χ3n) is 5.55. The minimum Gasteiger partial charge on any atom is -0.391 e. The highest BCUT2D eigenvalue weighted by Crippen LogP contribution is 2.44. The molecule has 0 saturated heterocycles. The molecule has 0 spiro atoms. The largest absolute Gasteiger partial charge is 0.391 e. The van der Waals surface area contributed by atoms with Crippen molar-refractivity contribution in [2.24, 2.45) is 35.5 Å². The number of rotatable bonds is 7. The predicted molar refractivity (Wildman–Crippen MR) is 89.1 cm³/mol. The maximum Gasteiger partial charge on any atom is 0.0205 e. The summed E-state index contributed by atoms with van der Waals surface area (Å²) in [5, 5.41) is 3.30. The molecule has 0 aromatic rings. The lowest BCUT2D eigenvalue weighted by molar-refractivity contribution is 0.0769. The molecule has 1 saturated carbocycles. The Bertz CT molecular complexity index is 327. The average molecular weight is 275 g/mol. The molecule has 6 atom stereocenters. The van der Waals surface area contributed by atoms with Crippen molar-refractivity contribution in [1.82, 2.24) is 5.32 Å². The number of hydrogen-bond donors (Lipinski definition) is 1. The zero-order chi connectivity index (χ0) is 15.1. The molecule has 1 heteroatoms. The summed E-state index contributed by atoms with van der Waals surface area (Å²) in [6.45, 7) is 14.2. The first kappa shape index (κ1) is 17.2. The van der Waals surface area contributed by atoms with Gasteiger partial charge < -0.3 is 5.32 Å². The van der Waals surface area contributed by atoms with Crippen molar-refractivity contribution < 1.29 is 0 Å². The van der Waals surface area contributed by atoms with E-state index in [0.717, 1.165) is 30.2 Å². The third-order valence-corrected chi connectivity index (χ3v) is 5.55. The topological polar surface area (TPSA) is 12.0 Å². The van der Waals surface area contributed by atoms with Crippen molar-refractivity contribution in [3.8, 4) is 12.3 Å². The van der Waals surface area contributed by atoms with Crippen molar-refractivity contribution in [3.63, 3.8) is 0 Å². The van der Waals surface area contributed by atoms with E-state index in [9.17, 15) is 0 Å². The lowest BCUT2D eigenvalue weighted by Crippen LogP contribution is -2.37. The maximum atomic E-state index is 5.76. The summed E-state index contributed by atoms with van der Waals surface area (Å²) in [5.74, 6) is 7.18. The van der Waals surface area contributed by atoms with Gasteiger partial charge in [0.25, 0.3) is 0 Å². The van der Waals surface area contributed by atoms with Gasteiger partial charge in [-0.1, -0.05) is 47.1 Å². The van der Waals surface area contributed by atoms with E-state index in [-0.39, 0.29) is 0 Å². The Labute approximate surface area is 126 Å². The molecule has 1 nitrogen and oxygen atoms in total. The Morgan fingerprint density at radius 1 is 1.40 bits per heavy atom. The third kappa shape index (κ3) is 4.30. The summed E-state index contributed by atoms with van der Waals surface area (Å²) in [5.41, 5.74) is 0. The lowest BCUT2D eigenvalue weighted by atomic mass is 9.62. The molecule has 0 radical (unpaired) electrons. The van der Waals surface area contributed by atoms with Crippen molar-refractivity contribution >= 4 is 0 Å². The summed E-state index contributed by atoms with van der Waals surface area (Å²) in [7, 11) is 0. The molecule has 1 rings (SSSR count). The molecule has 1 fully saturated rings. The molecule has 0 aromatic carbocycles. The normalized spacial score (nSPS) is 30.9. The first-order valence-corrected chi connectivity index (χ1v) is 8.35. The molecule has 1 aliphatic rings. The van der Waals surface area contributed by atoms with Crippen molar-refractivity contribution in [1.29, 1.82) is 0 Å². The highest BCUT2D eigenvalue weighted by molar-refractivity contribution is 4.99. The second kappa shape index (κ2) is 8.40. The van der Waals surface area contributed by atoms with Gasteiger partial charge in [0.15, 0.2) is 0 Å². The molecule has 0 aliphatic heterocycles. The quantitative estimate of drug-likeness (QED) is 0.664. The minimum absolute atomic E-state index is 0.392. The predicted octanol–water partition coefficient (Wildman–Crippen LogP) is 4.70. The van der Waals surface area contributed by atoms with Gasteiger partial charge in [-0.15, -0.1) is 12.3 Å². The summed E-state index contributed by atoms with van der Waals surface area (Å²) in [4.78, 5) is 0. The van der Waals surface area contributed by atoms with Gasteiger partial charge in [0.1, 0.15) is 0 Å². The number of terminal acetylenes is 1. The first-order chi connectivity index (χ1) is 9.54. The maximum absolute atomic E-state index is 5.76. The molecule has 1 aliphatic carbocycles. The van der Waals surface area contributed by atoms with Crippen LogP contribution in [0, 0.1) is 47.9 Å². The summed E-state index contributed by atoms with van der Waals surface area (Å²) < 4.78 is 0. The van der Waals surface area contributed by atoms with Crippen LogP contribution in [0.1, 0.15) is 53.4 Å². The number of hydrogen-bond acceptors (Lipinski definition) is 1. The zero-order valence-electron chi connectivity index (χ0n) is 13.9. The second-order valence-electron chi connectivity index (χ2n) is 6.85. The van der Waals surface area contributed by atoms with Crippen LogP contribution in [0.15, 0.2) is 12.8 Å². The SMILES string of the molecule is C#CC(C)C(C(C)CC)C1CC(CNC=C)CCC1C. The second-order valence-corrected chi connectivity index (χ2v) is 6.85. The number of nitrogens with one attached hydrogen (secondary N) is 1. The Morgan fingerprint density at radius 3 is 2.65 bits per heavy atom. The summed E-state index contributed by atoms with van der Waals surface area (Å²) in [6.07, 6.45) is 12.8. The average Bonchev–Trinajstić information content (AvgIpc) is 2.47. The Kier molecular flexibility index (Phi) is 7.20. The molecular formula is C19H33N. The lowest BCUT2D eigenvalue weighted by Gasteiger charge is -2.43. The van der Waals surface area contributed by atoms with E-state index < -0.39 is 0 Å². The van der Waals surface area contributed by atoms with Crippen molar-refractivity contribution in [2.75, 3.05) is 6.54 Å². The summed E-state index contributed by atoms with van der Waals surface area (Å²) in [6, 6.07) is 0. The van der Waals surface area contributed by atoms with E-state index in [1.807, 2.05) is 6.20 Å². The van der Waals surface area contributed by atoms with Crippen LogP contribution in [0.5, 0.6) is 0 Å². The molecule has 20 heavy (non-hydrogen) atoms.